The highest BCUT2D eigenvalue weighted by atomic mass is 15.3. The molecular weight excluding hydrogens is 164 g/mol. The molecule has 2 heterocycles. The lowest BCUT2D eigenvalue weighted by Gasteiger charge is -2.26. The normalized spacial score (nSPS) is 16.5. The molecule has 0 saturated carbocycles. The van der Waals surface area contributed by atoms with Gasteiger partial charge in [0.25, 0.3) is 0 Å². The molecular formula is C9H12N4. The van der Waals surface area contributed by atoms with Gasteiger partial charge in [-0.3, -0.25) is 4.68 Å². The molecule has 1 N–H and O–H groups in total. The number of aryl methyl sites for hydroxylation is 1. The molecule has 0 radical (unpaired) electrons. The van der Waals surface area contributed by atoms with Crippen LogP contribution < -0.4 is 5.32 Å². The Hall–Kier alpha value is -1.34. The van der Waals surface area contributed by atoms with E-state index in [0.29, 0.717) is 5.56 Å². The molecule has 1 saturated heterocycles. The van der Waals surface area contributed by atoms with Crippen molar-refractivity contribution in [1.29, 1.82) is 5.26 Å². The van der Waals surface area contributed by atoms with Crippen molar-refractivity contribution in [3.63, 3.8) is 0 Å². The van der Waals surface area contributed by atoms with Crippen molar-refractivity contribution in [2.45, 2.75) is 13.0 Å². The number of aromatic nitrogens is 2. The maximum atomic E-state index is 8.57. The Morgan fingerprint density at radius 3 is 3.08 bits per heavy atom. The van der Waals surface area contributed by atoms with Gasteiger partial charge in [0.05, 0.1) is 11.8 Å². The van der Waals surface area contributed by atoms with E-state index in [1.54, 1.807) is 12.4 Å². The summed E-state index contributed by atoms with van der Waals surface area (Å²) in [7, 11) is 0. The van der Waals surface area contributed by atoms with E-state index in [1.165, 1.54) is 0 Å². The van der Waals surface area contributed by atoms with Crippen LogP contribution in [0.25, 0.3) is 0 Å². The van der Waals surface area contributed by atoms with Gasteiger partial charge in [-0.15, -0.1) is 0 Å². The molecule has 1 aliphatic rings. The average Bonchev–Trinajstić information content (AvgIpc) is 2.49. The van der Waals surface area contributed by atoms with Crippen molar-refractivity contribution in [3.8, 4) is 6.07 Å². The first-order valence-electron chi connectivity index (χ1n) is 4.52. The molecule has 13 heavy (non-hydrogen) atoms. The van der Waals surface area contributed by atoms with Crippen LogP contribution in [0.15, 0.2) is 12.4 Å². The molecule has 1 aromatic rings. The van der Waals surface area contributed by atoms with E-state index in [2.05, 4.69) is 16.5 Å². The summed E-state index contributed by atoms with van der Waals surface area (Å²) in [6.45, 7) is 3.19. The second kappa shape index (κ2) is 3.58. The molecule has 2 rings (SSSR count). The van der Waals surface area contributed by atoms with E-state index >= 15 is 0 Å². The third kappa shape index (κ3) is 1.87. The van der Waals surface area contributed by atoms with Crippen molar-refractivity contribution >= 4 is 0 Å². The Labute approximate surface area is 77.2 Å². The Kier molecular flexibility index (Phi) is 2.28. The van der Waals surface area contributed by atoms with Gasteiger partial charge >= 0.3 is 0 Å². The fraction of sp³-hybridized carbons (Fsp3) is 0.556. The summed E-state index contributed by atoms with van der Waals surface area (Å²) >= 11 is 0. The summed E-state index contributed by atoms with van der Waals surface area (Å²) < 4.78 is 1.84. The van der Waals surface area contributed by atoms with E-state index in [0.717, 1.165) is 32.0 Å². The van der Waals surface area contributed by atoms with Gasteiger partial charge in [-0.2, -0.15) is 10.4 Å². The largest absolute Gasteiger partial charge is 0.316 e. The lowest BCUT2D eigenvalue weighted by molar-refractivity contribution is 0.307. The molecule has 1 aromatic heterocycles. The van der Waals surface area contributed by atoms with Crippen LogP contribution in [0.5, 0.6) is 0 Å². The summed E-state index contributed by atoms with van der Waals surface area (Å²) in [6, 6.07) is 2.07. The van der Waals surface area contributed by atoms with Crippen LogP contribution in [0.3, 0.4) is 0 Å². The zero-order chi connectivity index (χ0) is 9.10. The molecule has 0 atom stereocenters. The predicted molar refractivity (Wildman–Crippen MR) is 47.9 cm³/mol. The summed E-state index contributed by atoms with van der Waals surface area (Å²) in [5.41, 5.74) is 0.645. The molecule has 0 aliphatic carbocycles. The van der Waals surface area contributed by atoms with E-state index in [4.69, 9.17) is 5.26 Å². The molecule has 0 unspecified atom stereocenters. The van der Waals surface area contributed by atoms with Crippen molar-refractivity contribution in [1.82, 2.24) is 15.1 Å². The number of hydrogen-bond acceptors (Lipinski definition) is 3. The van der Waals surface area contributed by atoms with Crippen LogP contribution in [0.2, 0.25) is 0 Å². The summed E-state index contributed by atoms with van der Waals surface area (Å²) in [6.07, 6.45) is 4.56. The Morgan fingerprint density at radius 1 is 1.69 bits per heavy atom. The van der Waals surface area contributed by atoms with Gasteiger partial charge in [-0.1, -0.05) is 0 Å². The van der Waals surface area contributed by atoms with Gasteiger partial charge in [0.2, 0.25) is 0 Å². The SMILES string of the molecule is N#Cc1cnn(CCC2CNC2)c1. The number of nitriles is 1. The molecule has 4 nitrogen and oxygen atoms in total. The molecule has 68 valence electrons. The summed E-state index contributed by atoms with van der Waals surface area (Å²) in [5, 5.41) is 15.9. The van der Waals surface area contributed by atoms with E-state index < -0.39 is 0 Å². The third-order valence-electron chi connectivity index (χ3n) is 2.39. The highest BCUT2D eigenvalue weighted by Gasteiger charge is 2.15. The summed E-state index contributed by atoms with van der Waals surface area (Å²) in [4.78, 5) is 0. The second-order valence-electron chi connectivity index (χ2n) is 3.42. The number of hydrogen-bond donors (Lipinski definition) is 1. The van der Waals surface area contributed by atoms with Crippen molar-refractivity contribution in [3.05, 3.63) is 18.0 Å². The monoisotopic (exact) mass is 176 g/mol. The smallest absolute Gasteiger partial charge is 0.102 e. The fourth-order valence-electron chi connectivity index (χ4n) is 1.41. The zero-order valence-electron chi connectivity index (χ0n) is 7.40. The van der Waals surface area contributed by atoms with Crippen LogP contribution in [0.4, 0.5) is 0 Å². The molecule has 4 heteroatoms. The van der Waals surface area contributed by atoms with Crippen molar-refractivity contribution in [2.24, 2.45) is 5.92 Å². The minimum absolute atomic E-state index is 0.645. The Balaban J connectivity index is 1.83. The van der Waals surface area contributed by atoms with Crippen molar-refractivity contribution < 1.29 is 0 Å². The maximum absolute atomic E-state index is 8.57. The van der Waals surface area contributed by atoms with Gasteiger partial charge < -0.3 is 5.32 Å². The molecule has 0 bridgehead atoms. The number of rotatable bonds is 3. The zero-order valence-corrected chi connectivity index (χ0v) is 7.40. The predicted octanol–water partition coefficient (Wildman–Crippen LogP) is 0.364. The Morgan fingerprint density at radius 2 is 2.54 bits per heavy atom. The van der Waals surface area contributed by atoms with Gasteiger partial charge in [-0.25, -0.2) is 0 Å². The van der Waals surface area contributed by atoms with Crippen LogP contribution in [-0.2, 0) is 6.54 Å². The van der Waals surface area contributed by atoms with Gasteiger partial charge in [0, 0.05) is 12.7 Å². The maximum Gasteiger partial charge on any atom is 0.102 e. The van der Waals surface area contributed by atoms with E-state index in [1.807, 2.05) is 4.68 Å². The first-order valence-corrected chi connectivity index (χ1v) is 4.52. The first-order chi connectivity index (χ1) is 6.38. The topological polar surface area (TPSA) is 53.6 Å². The van der Waals surface area contributed by atoms with E-state index in [9.17, 15) is 0 Å². The molecule has 0 spiro atoms. The number of nitrogens with zero attached hydrogens (tertiary/aromatic N) is 3. The molecule has 1 fully saturated rings. The lowest BCUT2D eigenvalue weighted by atomic mass is 10.00. The Bertz CT molecular complexity index is 319. The minimum atomic E-state index is 0.645. The van der Waals surface area contributed by atoms with E-state index in [-0.39, 0.29) is 0 Å². The van der Waals surface area contributed by atoms with Crippen LogP contribution >= 0.6 is 0 Å². The van der Waals surface area contributed by atoms with Gasteiger partial charge in [0.15, 0.2) is 0 Å². The highest BCUT2D eigenvalue weighted by Crippen LogP contribution is 2.09. The number of nitrogens with one attached hydrogen (secondary N) is 1. The highest BCUT2D eigenvalue weighted by molar-refractivity contribution is 5.21. The van der Waals surface area contributed by atoms with Gasteiger partial charge in [-0.05, 0) is 25.4 Å². The first kappa shape index (κ1) is 8.27. The second-order valence-corrected chi connectivity index (χ2v) is 3.42. The van der Waals surface area contributed by atoms with Crippen molar-refractivity contribution in [2.75, 3.05) is 13.1 Å². The standard InChI is InChI=1S/C9H12N4/c10-3-9-6-12-13(7-9)2-1-8-4-11-5-8/h6-8,11H,1-2,4-5H2. The fourth-order valence-corrected chi connectivity index (χ4v) is 1.41. The third-order valence-corrected chi connectivity index (χ3v) is 2.39. The van der Waals surface area contributed by atoms with Gasteiger partial charge in [0.1, 0.15) is 6.07 Å². The molecule has 0 amide bonds. The lowest BCUT2D eigenvalue weighted by Crippen LogP contribution is -2.42. The van der Waals surface area contributed by atoms with Crippen LogP contribution in [0, 0.1) is 17.2 Å². The van der Waals surface area contributed by atoms with Crippen LogP contribution in [0.1, 0.15) is 12.0 Å². The average molecular weight is 176 g/mol. The molecule has 1 aliphatic heterocycles. The molecule has 0 aromatic carbocycles. The summed E-state index contributed by atoms with van der Waals surface area (Å²) in [5.74, 6) is 0.801. The quantitative estimate of drug-likeness (QED) is 0.723. The minimum Gasteiger partial charge on any atom is -0.316 e. The van der Waals surface area contributed by atoms with Crippen LogP contribution in [-0.4, -0.2) is 22.9 Å².